The number of nitrogens with one attached hydrogen (secondary N) is 4. The van der Waals surface area contributed by atoms with Gasteiger partial charge in [-0.1, -0.05) is 43.9 Å². The van der Waals surface area contributed by atoms with Crippen LogP contribution >= 0.6 is 0 Å². The Labute approximate surface area is 260 Å². The molecule has 10 N–H and O–H groups in total. The van der Waals surface area contributed by atoms with Crippen LogP contribution in [0.15, 0.2) is 18.2 Å². The Balaban J connectivity index is 2.35. The molecule has 0 amide bonds. The number of hydrogen-bond donors (Lipinski definition) is 7. The molecule has 0 aliphatic heterocycles. The van der Waals surface area contributed by atoms with Crippen molar-refractivity contribution in [2.75, 3.05) is 65.4 Å². The van der Waals surface area contributed by atoms with Crippen molar-refractivity contribution in [1.29, 1.82) is 0 Å². The Morgan fingerprint density at radius 2 is 0.643 bits per heavy atom. The van der Waals surface area contributed by atoms with Gasteiger partial charge in [0.1, 0.15) is 0 Å². The number of unbranched alkanes of at least 4 members (excludes halogenated alkanes) is 10. The predicted octanol–water partition coefficient (Wildman–Crippen LogP) is 4.75. The normalized spacial score (nSPS) is 11.5. The van der Waals surface area contributed by atoms with Crippen LogP contribution in [0.5, 0.6) is 0 Å². The first-order valence-corrected chi connectivity index (χ1v) is 17.8. The van der Waals surface area contributed by atoms with Crippen LogP contribution in [0.1, 0.15) is 119 Å². The van der Waals surface area contributed by atoms with Crippen molar-refractivity contribution in [1.82, 2.24) is 21.3 Å². The number of nitrogens with two attached hydrogens (primary N) is 3. The standard InChI is InChI=1S/C35H71N7/c36-19-7-12-24-39-22-10-3-1-5-17-33-29-34(18-6-2-4-11-23-40-25-13-8-20-37)31-35(30-33)32-42-28-16-15-27-41-26-14-9-21-38/h29-31,39-42H,1-28,32,36-38H2. The highest BCUT2D eigenvalue weighted by atomic mass is 14.9. The maximum Gasteiger partial charge on any atom is 0.0205 e. The first kappa shape index (κ1) is 39.0. The van der Waals surface area contributed by atoms with Crippen LogP contribution in [-0.2, 0) is 19.4 Å². The maximum absolute atomic E-state index is 5.57. The third-order valence-electron chi connectivity index (χ3n) is 7.96. The van der Waals surface area contributed by atoms with Crippen LogP contribution in [0.25, 0.3) is 0 Å². The molecule has 0 unspecified atom stereocenters. The van der Waals surface area contributed by atoms with Gasteiger partial charge in [-0.15, -0.1) is 0 Å². The van der Waals surface area contributed by atoms with E-state index in [4.69, 9.17) is 17.2 Å². The van der Waals surface area contributed by atoms with Gasteiger partial charge in [0.15, 0.2) is 0 Å². The number of benzene rings is 1. The summed E-state index contributed by atoms with van der Waals surface area (Å²) in [5, 5.41) is 14.4. The van der Waals surface area contributed by atoms with Crippen LogP contribution in [0.3, 0.4) is 0 Å². The van der Waals surface area contributed by atoms with Crippen molar-refractivity contribution in [2.45, 2.75) is 122 Å². The van der Waals surface area contributed by atoms with Crippen molar-refractivity contribution in [3.63, 3.8) is 0 Å². The first-order valence-electron chi connectivity index (χ1n) is 17.8. The zero-order valence-corrected chi connectivity index (χ0v) is 27.5. The van der Waals surface area contributed by atoms with Gasteiger partial charge in [0.25, 0.3) is 0 Å². The zero-order chi connectivity index (χ0) is 30.2. The lowest BCUT2D eigenvalue weighted by Crippen LogP contribution is -2.20. The summed E-state index contributed by atoms with van der Waals surface area (Å²) < 4.78 is 0. The van der Waals surface area contributed by atoms with Gasteiger partial charge in [0.05, 0.1) is 0 Å². The molecule has 1 aromatic rings. The Kier molecular flexibility index (Phi) is 29.1. The number of hydrogen-bond acceptors (Lipinski definition) is 7. The van der Waals surface area contributed by atoms with Gasteiger partial charge in [-0.25, -0.2) is 0 Å². The van der Waals surface area contributed by atoms with Crippen molar-refractivity contribution in [2.24, 2.45) is 17.2 Å². The van der Waals surface area contributed by atoms with Gasteiger partial charge in [-0.3, -0.25) is 0 Å². The quantitative estimate of drug-likeness (QED) is 0.0590. The molecule has 0 heterocycles. The average molecular weight is 590 g/mol. The molecular weight excluding hydrogens is 518 g/mol. The number of rotatable bonds is 33. The summed E-state index contributed by atoms with van der Waals surface area (Å²) in [6.45, 7) is 11.2. The summed E-state index contributed by atoms with van der Waals surface area (Å²) in [4.78, 5) is 0. The summed E-state index contributed by atoms with van der Waals surface area (Å²) in [7, 11) is 0. The van der Waals surface area contributed by atoms with Crippen LogP contribution in [0.2, 0.25) is 0 Å². The van der Waals surface area contributed by atoms with Gasteiger partial charge in [-0.2, -0.15) is 0 Å². The second kappa shape index (κ2) is 31.4. The smallest absolute Gasteiger partial charge is 0.0205 e. The topological polar surface area (TPSA) is 126 Å². The molecule has 0 atom stereocenters. The van der Waals surface area contributed by atoms with E-state index in [0.29, 0.717) is 0 Å². The molecule has 0 saturated carbocycles. The highest BCUT2D eigenvalue weighted by molar-refractivity contribution is 5.30. The van der Waals surface area contributed by atoms with Gasteiger partial charge >= 0.3 is 0 Å². The van der Waals surface area contributed by atoms with E-state index in [1.165, 1.54) is 113 Å². The van der Waals surface area contributed by atoms with E-state index in [9.17, 15) is 0 Å². The van der Waals surface area contributed by atoms with Crippen molar-refractivity contribution in [3.8, 4) is 0 Å². The fourth-order valence-corrected chi connectivity index (χ4v) is 5.39. The molecule has 1 rings (SSSR count). The van der Waals surface area contributed by atoms with Crippen LogP contribution in [0.4, 0.5) is 0 Å². The van der Waals surface area contributed by atoms with Gasteiger partial charge in [0.2, 0.25) is 0 Å². The van der Waals surface area contributed by atoms with Crippen molar-refractivity contribution in [3.05, 3.63) is 34.9 Å². The monoisotopic (exact) mass is 590 g/mol. The summed E-state index contributed by atoms with van der Waals surface area (Å²) in [5.74, 6) is 0. The molecule has 0 aromatic heterocycles. The zero-order valence-electron chi connectivity index (χ0n) is 27.5. The molecule has 7 nitrogen and oxygen atoms in total. The third kappa shape index (κ3) is 25.4. The van der Waals surface area contributed by atoms with E-state index in [1.807, 2.05) is 0 Å². The van der Waals surface area contributed by atoms with Crippen molar-refractivity contribution >= 4 is 0 Å². The molecule has 0 fully saturated rings. The second-order valence-electron chi connectivity index (χ2n) is 12.1. The average Bonchev–Trinajstić information content (AvgIpc) is 3.00. The van der Waals surface area contributed by atoms with E-state index >= 15 is 0 Å². The fraction of sp³-hybridized carbons (Fsp3) is 0.829. The predicted molar refractivity (Wildman–Crippen MR) is 185 cm³/mol. The molecule has 42 heavy (non-hydrogen) atoms. The van der Waals surface area contributed by atoms with E-state index in [0.717, 1.165) is 91.3 Å². The lowest BCUT2D eigenvalue weighted by molar-refractivity contribution is 0.566. The van der Waals surface area contributed by atoms with E-state index in [1.54, 1.807) is 0 Å². The summed E-state index contributed by atoms with van der Waals surface area (Å²) >= 11 is 0. The number of aryl methyl sites for hydroxylation is 2. The maximum atomic E-state index is 5.57. The van der Waals surface area contributed by atoms with Crippen LogP contribution < -0.4 is 38.5 Å². The minimum atomic E-state index is 0.802. The summed E-state index contributed by atoms with van der Waals surface area (Å²) in [6.07, 6.45) is 22.3. The van der Waals surface area contributed by atoms with E-state index in [2.05, 4.69) is 39.5 Å². The molecule has 0 aliphatic carbocycles. The largest absolute Gasteiger partial charge is 0.330 e. The Bertz CT molecular complexity index is 583. The minimum absolute atomic E-state index is 0.802. The second-order valence-corrected chi connectivity index (χ2v) is 12.1. The molecule has 7 heteroatoms. The molecular formula is C35H71N7. The van der Waals surface area contributed by atoms with Crippen LogP contribution in [-0.4, -0.2) is 65.4 Å². The van der Waals surface area contributed by atoms with Gasteiger partial charge < -0.3 is 38.5 Å². The van der Waals surface area contributed by atoms with Crippen LogP contribution in [0, 0.1) is 0 Å². The van der Waals surface area contributed by atoms with Gasteiger partial charge in [0, 0.05) is 6.54 Å². The molecule has 246 valence electrons. The summed E-state index contributed by atoms with van der Waals surface area (Å²) in [6, 6.07) is 7.42. The SMILES string of the molecule is NCCCCNCCCCCCc1cc(CCCCCCNCCCCN)cc(CNCCCCNCCCCN)c1. The molecule has 0 saturated heterocycles. The van der Waals surface area contributed by atoms with Crippen molar-refractivity contribution < 1.29 is 0 Å². The molecule has 1 aromatic carbocycles. The fourth-order valence-electron chi connectivity index (χ4n) is 5.39. The first-order chi connectivity index (χ1) is 20.8. The molecule has 0 spiro atoms. The Morgan fingerprint density at radius 1 is 0.333 bits per heavy atom. The van der Waals surface area contributed by atoms with Gasteiger partial charge in [-0.05, 0) is 172 Å². The highest BCUT2D eigenvalue weighted by Crippen LogP contribution is 2.17. The van der Waals surface area contributed by atoms with E-state index in [-0.39, 0.29) is 0 Å². The Morgan fingerprint density at radius 3 is 1.05 bits per heavy atom. The Hall–Kier alpha value is -1.06. The minimum Gasteiger partial charge on any atom is -0.330 e. The highest BCUT2D eigenvalue weighted by Gasteiger charge is 2.04. The van der Waals surface area contributed by atoms with E-state index < -0.39 is 0 Å². The molecule has 0 radical (unpaired) electrons. The molecule has 0 aliphatic rings. The lowest BCUT2D eigenvalue weighted by Gasteiger charge is -2.12. The third-order valence-corrected chi connectivity index (χ3v) is 7.96. The molecule has 0 bridgehead atoms. The lowest BCUT2D eigenvalue weighted by atomic mass is 9.97. The summed E-state index contributed by atoms with van der Waals surface area (Å²) in [5.41, 5.74) is 21.2.